The lowest BCUT2D eigenvalue weighted by Gasteiger charge is -2.20. The molecule has 0 atom stereocenters. The first-order chi connectivity index (χ1) is 8.84. The van der Waals surface area contributed by atoms with E-state index in [0.717, 1.165) is 12.0 Å². The Hall–Kier alpha value is -1.15. The third kappa shape index (κ3) is 2.35. The summed E-state index contributed by atoms with van der Waals surface area (Å²) in [7, 11) is 0. The predicted molar refractivity (Wildman–Crippen MR) is 77.3 cm³/mol. The van der Waals surface area contributed by atoms with Gasteiger partial charge in [-0.1, -0.05) is 44.2 Å². The number of carbonyl (C=O) groups excluding carboxylic acids is 1. The molecule has 1 aliphatic rings. The zero-order valence-electron chi connectivity index (χ0n) is 10.5. The maximum Gasteiger partial charge on any atom is 0.164 e. The second-order valence-corrected chi connectivity index (χ2v) is 6.19. The topological polar surface area (TPSA) is 17.1 Å². The van der Waals surface area contributed by atoms with Crippen molar-refractivity contribution >= 4 is 27.2 Å². The molecule has 3 rings (SSSR count). The quantitative estimate of drug-likeness (QED) is 0.704. The summed E-state index contributed by atoms with van der Waals surface area (Å²) in [5, 5.41) is 3.27. The monoisotopic (exact) mass is 258 g/mol. The Kier molecular flexibility index (Phi) is 3.46. The SMILES string of the molecule is O=C(CC1CCCCC1)c1cccc2ccsc12. The van der Waals surface area contributed by atoms with Crippen LogP contribution in [-0.2, 0) is 0 Å². The number of carbonyl (C=O) groups is 1. The second kappa shape index (κ2) is 5.23. The summed E-state index contributed by atoms with van der Waals surface area (Å²) in [5.74, 6) is 0.969. The lowest BCUT2D eigenvalue weighted by molar-refractivity contribution is 0.0952. The molecule has 0 bridgehead atoms. The molecule has 0 amide bonds. The van der Waals surface area contributed by atoms with Crippen molar-refractivity contribution in [3.63, 3.8) is 0 Å². The van der Waals surface area contributed by atoms with E-state index >= 15 is 0 Å². The van der Waals surface area contributed by atoms with Crippen LogP contribution in [0.2, 0.25) is 0 Å². The second-order valence-electron chi connectivity index (χ2n) is 5.28. The molecular weight excluding hydrogens is 240 g/mol. The van der Waals surface area contributed by atoms with Crippen molar-refractivity contribution in [3.05, 3.63) is 35.2 Å². The molecule has 1 aromatic heterocycles. The van der Waals surface area contributed by atoms with E-state index in [0.29, 0.717) is 11.7 Å². The normalized spacial score (nSPS) is 17.1. The molecule has 0 N–H and O–H groups in total. The predicted octanol–water partition coefficient (Wildman–Crippen LogP) is 5.05. The van der Waals surface area contributed by atoms with Gasteiger partial charge in [0.1, 0.15) is 0 Å². The van der Waals surface area contributed by atoms with Crippen LogP contribution in [0.4, 0.5) is 0 Å². The van der Waals surface area contributed by atoms with Gasteiger partial charge in [0.25, 0.3) is 0 Å². The average molecular weight is 258 g/mol. The maximum atomic E-state index is 12.4. The number of hydrogen-bond donors (Lipinski definition) is 0. The summed E-state index contributed by atoms with van der Waals surface area (Å²) < 4.78 is 1.17. The molecule has 18 heavy (non-hydrogen) atoms. The molecule has 0 radical (unpaired) electrons. The molecule has 0 aliphatic heterocycles. The smallest absolute Gasteiger partial charge is 0.164 e. The minimum atomic E-state index is 0.343. The summed E-state index contributed by atoms with van der Waals surface area (Å²) in [4.78, 5) is 12.4. The minimum Gasteiger partial charge on any atom is -0.294 e. The first-order valence-corrected chi connectivity index (χ1v) is 7.72. The Balaban J connectivity index is 1.81. The fraction of sp³-hybridized carbons (Fsp3) is 0.438. The van der Waals surface area contributed by atoms with Crippen LogP contribution >= 0.6 is 11.3 Å². The van der Waals surface area contributed by atoms with E-state index in [2.05, 4.69) is 17.5 Å². The maximum absolute atomic E-state index is 12.4. The Morgan fingerprint density at radius 3 is 2.83 bits per heavy atom. The van der Waals surface area contributed by atoms with E-state index in [-0.39, 0.29) is 0 Å². The molecule has 1 nitrogen and oxygen atoms in total. The fourth-order valence-electron chi connectivity index (χ4n) is 2.98. The lowest BCUT2D eigenvalue weighted by atomic mass is 9.85. The molecule has 2 aromatic rings. The van der Waals surface area contributed by atoms with Crippen LogP contribution in [0.5, 0.6) is 0 Å². The van der Waals surface area contributed by atoms with E-state index in [1.807, 2.05) is 12.1 Å². The number of benzene rings is 1. The Bertz CT molecular complexity index is 549. The van der Waals surface area contributed by atoms with Crippen molar-refractivity contribution in [2.24, 2.45) is 5.92 Å². The van der Waals surface area contributed by atoms with Crippen LogP contribution in [0.15, 0.2) is 29.6 Å². The first-order valence-electron chi connectivity index (χ1n) is 6.84. The van der Waals surface area contributed by atoms with Crippen molar-refractivity contribution in [2.75, 3.05) is 0 Å². The van der Waals surface area contributed by atoms with Gasteiger partial charge >= 0.3 is 0 Å². The summed E-state index contributed by atoms with van der Waals surface area (Å²) in [6.45, 7) is 0. The Morgan fingerprint density at radius 1 is 1.17 bits per heavy atom. The van der Waals surface area contributed by atoms with Crippen LogP contribution in [0, 0.1) is 5.92 Å². The van der Waals surface area contributed by atoms with E-state index in [9.17, 15) is 4.79 Å². The van der Waals surface area contributed by atoms with Crippen molar-refractivity contribution in [1.82, 2.24) is 0 Å². The van der Waals surface area contributed by atoms with Crippen molar-refractivity contribution in [1.29, 1.82) is 0 Å². The number of thiophene rings is 1. The van der Waals surface area contributed by atoms with Gasteiger partial charge in [-0.3, -0.25) is 4.79 Å². The first kappa shape index (κ1) is 11.9. The van der Waals surface area contributed by atoms with E-state index in [4.69, 9.17) is 0 Å². The summed E-state index contributed by atoms with van der Waals surface area (Å²) >= 11 is 1.68. The van der Waals surface area contributed by atoms with Crippen LogP contribution in [0.1, 0.15) is 48.9 Å². The van der Waals surface area contributed by atoms with Crippen molar-refractivity contribution in [3.8, 4) is 0 Å². The standard InChI is InChI=1S/C16H18OS/c17-15(11-12-5-2-1-3-6-12)14-8-4-7-13-9-10-18-16(13)14/h4,7-10,12H,1-3,5-6,11H2. The molecule has 2 heteroatoms. The molecule has 0 spiro atoms. The number of ketones is 1. The van der Waals surface area contributed by atoms with Crippen LogP contribution < -0.4 is 0 Å². The highest BCUT2D eigenvalue weighted by atomic mass is 32.1. The molecule has 1 aliphatic carbocycles. The minimum absolute atomic E-state index is 0.343. The number of hydrogen-bond acceptors (Lipinski definition) is 2. The summed E-state index contributed by atoms with van der Waals surface area (Å²) in [6.07, 6.45) is 7.20. The van der Waals surface area contributed by atoms with Crippen molar-refractivity contribution < 1.29 is 4.79 Å². The van der Waals surface area contributed by atoms with Gasteiger partial charge in [-0.2, -0.15) is 0 Å². The van der Waals surface area contributed by atoms with Gasteiger partial charge < -0.3 is 0 Å². The van der Waals surface area contributed by atoms with Crippen molar-refractivity contribution in [2.45, 2.75) is 38.5 Å². The summed E-state index contributed by atoms with van der Waals surface area (Å²) in [6, 6.07) is 8.17. The average Bonchev–Trinajstić information content (AvgIpc) is 2.87. The van der Waals surface area contributed by atoms with Crippen LogP contribution in [0.3, 0.4) is 0 Å². The highest BCUT2D eigenvalue weighted by Gasteiger charge is 2.19. The zero-order valence-corrected chi connectivity index (χ0v) is 11.3. The third-order valence-electron chi connectivity index (χ3n) is 3.98. The van der Waals surface area contributed by atoms with E-state index < -0.39 is 0 Å². The highest BCUT2D eigenvalue weighted by molar-refractivity contribution is 7.17. The summed E-state index contributed by atoms with van der Waals surface area (Å²) in [5.41, 5.74) is 0.938. The van der Waals surface area contributed by atoms with Gasteiger partial charge in [0, 0.05) is 16.7 Å². The Labute approximate surface area is 112 Å². The number of rotatable bonds is 3. The number of fused-ring (bicyclic) bond motifs is 1. The molecule has 0 saturated heterocycles. The third-order valence-corrected chi connectivity index (χ3v) is 4.94. The van der Waals surface area contributed by atoms with E-state index in [1.165, 1.54) is 42.2 Å². The van der Waals surface area contributed by atoms with Gasteiger partial charge in [0.2, 0.25) is 0 Å². The number of Topliss-reactive ketones (excluding diaryl/α,β-unsaturated/α-hetero) is 1. The molecule has 1 fully saturated rings. The van der Waals surface area contributed by atoms with Gasteiger partial charge in [-0.25, -0.2) is 0 Å². The largest absolute Gasteiger partial charge is 0.294 e. The molecule has 0 unspecified atom stereocenters. The van der Waals surface area contributed by atoms with Gasteiger partial charge in [-0.05, 0) is 28.8 Å². The highest BCUT2D eigenvalue weighted by Crippen LogP contribution is 2.30. The van der Waals surface area contributed by atoms with Crippen LogP contribution in [0.25, 0.3) is 10.1 Å². The van der Waals surface area contributed by atoms with Gasteiger partial charge in [0.15, 0.2) is 5.78 Å². The Morgan fingerprint density at radius 2 is 2.00 bits per heavy atom. The zero-order chi connectivity index (χ0) is 12.4. The molecular formula is C16H18OS. The van der Waals surface area contributed by atoms with Gasteiger partial charge in [-0.15, -0.1) is 11.3 Å². The van der Waals surface area contributed by atoms with Crippen LogP contribution in [-0.4, -0.2) is 5.78 Å². The molecule has 1 saturated carbocycles. The molecule has 1 aromatic carbocycles. The van der Waals surface area contributed by atoms with Gasteiger partial charge in [0.05, 0.1) is 0 Å². The molecule has 94 valence electrons. The van der Waals surface area contributed by atoms with E-state index in [1.54, 1.807) is 11.3 Å². The molecule has 1 heterocycles. The lowest BCUT2D eigenvalue weighted by Crippen LogP contribution is -2.12. The fourth-order valence-corrected chi connectivity index (χ4v) is 3.91.